The number of nitrogens with one attached hydrogen (secondary N) is 1. The second-order valence-electron chi connectivity index (χ2n) is 5.96. The topological polar surface area (TPSA) is 72.3 Å². The van der Waals surface area contributed by atoms with Crippen molar-refractivity contribution in [3.05, 3.63) is 33.5 Å². The lowest BCUT2D eigenvalue weighted by Gasteiger charge is -2.24. The van der Waals surface area contributed by atoms with Crippen molar-refractivity contribution in [2.24, 2.45) is 0 Å². The molecule has 2 aromatic heterocycles. The number of aryl methyl sites for hydroxylation is 3. The molecule has 0 aliphatic carbocycles. The number of aromatic nitrogens is 3. The fourth-order valence-electron chi connectivity index (χ4n) is 2.63. The van der Waals surface area contributed by atoms with Crippen LogP contribution in [0.15, 0.2) is 12.4 Å². The van der Waals surface area contributed by atoms with Gasteiger partial charge < -0.3 is 15.0 Å². The van der Waals surface area contributed by atoms with Gasteiger partial charge >= 0.3 is 6.03 Å². The van der Waals surface area contributed by atoms with Gasteiger partial charge in [-0.25, -0.2) is 9.78 Å². The summed E-state index contributed by atoms with van der Waals surface area (Å²) in [6, 6.07) is -0.264. The number of nitrogens with zero attached hydrogens (tertiary/aromatic N) is 4. The van der Waals surface area contributed by atoms with Gasteiger partial charge in [-0.2, -0.15) is 5.10 Å². The third kappa shape index (κ3) is 5.27. The first-order chi connectivity index (χ1) is 11.9. The largest absolute Gasteiger partial charge is 0.383 e. The summed E-state index contributed by atoms with van der Waals surface area (Å²) in [4.78, 5) is 20.1. The molecule has 138 valence electrons. The highest BCUT2D eigenvalue weighted by molar-refractivity contribution is 7.11. The van der Waals surface area contributed by atoms with Crippen molar-refractivity contribution < 1.29 is 9.53 Å². The molecule has 0 radical (unpaired) electrons. The molecule has 0 spiro atoms. The molecule has 25 heavy (non-hydrogen) atoms. The Morgan fingerprint density at radius 3 is 2.80 bits per heavy atom. The summed E-state index contributed by atoms with van der Waals surface area (Å²) in [5, 5.41) is 8.33. The first-order valence-electron chi connectivity index (χ1n) is 8.44. The average molecular weight is 366 g/mol. The summed E-state index contributed by atoms with van der Waals surface area (Å²) in [6.45, 7) is 10.3. The predicted molar refractivity (Wildman–Crippen MR) is 98.7 cm³/mol. The van der Waals surface area contributed by atoms with Crippen molar-refractivity contribution >= 4 is 17.4 Å². The van der Waals surface area contributed by atoms with Crippen molar-refractivity contribution in [3.8, 4) is 0 Å². The Labute approximate surface area is 153 Å². The first-order valence-corrected chi connectivity index (χ1v) is 9.25. The molecule has 7 nitrogen and oxygen atoms in total. The van der Waals surface area contributed by atoms with E-state index in [1.54, 1.807) is 29.5 Å². The van der Waals surface area contributed by atoms with Crippen LogP contribution in [0.5, 0.6) is 0 Å². The fraction of sp³-hybridized carbons (Fsp3) is 0.588. The van der Waals surface area contributed by atoms with E-state index in [-0.39, 0.29) is 12.1 Å². The monoisotopic (exact) mass is 365 g/mol. The number of carbonyl (C=O) groups is 1. The van der Waals surface area contributed by atoms with E-state index >= 15 is 0 Å². The van der Waals surface area contributed by atoms with Crippen molar-refractivity contribution in [1.29, 1.82) is 0 Å². The summed E-state index contributed by atoms with van der Waals surface area (Å²) < 4.78 is 7.00. The molecule has 2 amide bonds. The minimum atomic E-state index is -0.138. The van der Waals surface area contributed by atoms with Gasteiger partial charge in [-0.3, -0.25) is 4.68 Å². The van der Waals surface area contributed by atoms with Crippen molar-refractivity contribution in [1.82, 2.24) is 25.0 Å². The van der Waals surface area contributed by atoms with Gasteiger partial charge in [0.15, 0.2) is 0 Å². The van der Waals surface area contributed by atoms with Gasteiger partial charge in [0.1, 0.15) is 0 Å². The summed E-state index contributed by atoms with van der Waals surface area (Å²) >= 11 is 1.65. The van der Waals surface area contributed by atoms with E-state index in [4.69, 9.17) is 4.74 Å². The van der Waals surface area contributed by atoms with Gasteiger partial charge in [0.2, 0.25) is 0 Å². The van der Waals surface area contributed by atoms with Crippen molar-refractivity contribution in [3.63, 3.8) is 0 Å². The normalized spacial score (nSPS) is 12.2. The Balaban J connectivity index is 2.05. The minimum Gasteiger partial charge on any atom is -0.383 e. The van der Waals surface area contributed by atoms with E-state index in [2.05, 4.69) is 15.4 Å². The predicted octanol–water partition coefficient (Wildman–Crippen LogP) is 2.90. The maximum atomic E-state index is 12.7. The van der Waals surface area contributed by atoms with E-state index in [1.807, 2.05) is 38.6 Å². The molecule has 2 rings (SSSR count). The van der Waals surface area contributed by atoms with Crippen LogP contribution in [0.4, 0.5) is 4.79 Å². The Bertz CT molecular complexity index is 697. The summed E-state index contributed by atoms with van der Waals surface area (Å²) in [6.07, 6.45) is 3.76. The standard InChI is InChI=1S/C17H27N5O2S/c1-6-22-11-15(9-18-22)10-21(7-8-24-5)17(23)19-12(2)16-13(3)25-14(4)20-16/h9,11-12H,6-8,10H2,1-5H3,(H,19,23)/t12-/m1/s1. The van der Waals surface area contributed by atoms with Crippen LogP contribution in [0, 0.1) is 13.8 Å². The van der Waals surface area contributed by atoms with E-state index in [0.717, 1.165) is 27.7 Å². The van der Waals surface area contributed by atoms with Gasteiger partial charge in [-0.15, -0.1) is 11.3 Å². The highest BCUT2D eigenvalue weighted by Crippen LogP contribution is 2.22. The molecular formula is C17H27N5O2S. The molecular weight excluding hydrogens is 338 g/mol. The number of carbonyl (C=O) groups excluding carboxylic acids is 1. The number of ether oxygens (including phenoxy) is 1. The number of hydrogen-bond acceptors (Lipinski definition) is 5. The Morgan fingerprint density at radius 2 is 2.24 bits per heavy atom. The lowest BCUT2D eigenvalue weighted by molar-refractivity contribution is 0.145. The maximum absolute atomic E-state index is 12.7. The summed E-state index contributed by atoms with van der Waals surface area (Å²) in [5.74, 6) is 0. The minimum absolute atomic E-state index is 0.126. The Kier molecular flexibility index (Phi) is 6.95. The van der Waals surface area contributed by atoms with Gasteiger partial charge in [0.25, 0.3) is 0 Å². The molecule has 8 heteroatoms. The van der Waals surface area contributed by atoms with Crippen LogP contribution in [0.3, 0.4) is 0 Å². The smallest absolute Gasteiger partial charge is 0.318 e. The third-order valence-corrected chi connectivity index (χ3v) is 4.83. The van der Waals surface area contributed by atoms with Crippen LogP contribution in [0.1, 0.15) is 41.0 Å². The van der Waals surface area contributed by atoms with Gasteiger partial charge in [-0.05, 0) is 27.7 Å². The molecule has 1 N–H and O–H groups in total. The highest BCUT2D eigenvalue weighted by atomic mass is 32.1. The second-order valence-corrected chi connectivity index (χ2v) is 7.37. The zero-order valence-corrected chi connectivity index (χ0v) is 16.4. The molecule has 0 aliphatic rings. The molecule has 2 aromatic rings. The number of urea groups is 1. The zero-order chi connectivity index (χ0) is 18.4. The Morgan fingerprint density at radius 1 is 1.48 bits per heavy atom. The Hall–Kier alpha value is -1.93. The third-order valence-electron chi connectivity index (χ3n) is 3.93. The molecule has 0 saturated heterocycles. The fourth-order valence-corrected chi connectivity index (χ4v) is 3.54. The van der Waals surface area contributed by atoms with E-state index in [0.29, 0.717) is 19.7 Å². The van der Waals surface area contributed by atoms with Crippen LogP contribution in [0.2, 0.25) is 0 Å². The van der Waals surface area contributed by atoms with Crippen molar-refractivity contribution in [2.45, 2.75) is 46.8 Å². The first kappa shape index (κ1) is 19.4. The van der Waals surface area contributed by atoms with Crippen LogP contribution in [0.25, 0.3) is 0 Å². The lowest BCUT2D eigenvalue weighted by atomic mass is 10.2. The lowest BCUT2D eigenvalue weighted by Crippen LogP contribution is -2.42. The maximum Gasteiger partial charge on any atom is 0.318 e. The van der Waals surface area contributed by atoms with E-state index in [1.165, 1.54) is 0 Å². The number of thiazole rings is 1. The van der Waals surface area contributed by atoms with E-state index in [9.17, 15) is 4.79 Å². The van der Waals surface area contributed by atoms with Gasteiger partial charge in [0, 0.05) is 36.8 Å². The quantitative estimate of drug-likeness (QED) is 0.781. The van der Waals surface area contributed by atoms with Crippen LogP contribution in [-0.4, -0.2) is 46.0 Å². The average Bonchev–Trinajstić information content (AvgIpc) is 3.16. The summed E-state index contributed by atoms with van der Waals surface area (Å²) in [7, 11) is 1.63. The molecule has 0 fully saturated rings. The molecule has 0 aromatic carbocycles. The zero-order valence-electron chi connectivity index (χ0n) is 15.6. The van der Waals surface area contributed by atoms with E-state index < -0.39 is 0 Å². The SMILES string of the molecule is CCn1cc(CN(CCOC)C(=O)N[C@H](C)c2nc(C)sc2C)cn1. The van der Waals surface area contributed by atoms with Crippen LogP contribution >= 0.6 is 11.3 Å². The second kappa shape index (κ2) is 8.96. The molecule has 0 aliphatic heterocycles. The molecule has 0 saturated carbocycles. The van der Waals surface area contributed by atoms with Crippen molar-refractivity contribution in [2.75, 3.05) is 20.3 Å². The molecule has 2 heterocycles. The molecule has 0 unspecified atom stereocenters. The number of methoxy groups -OCH3 is 1. The van der Waals surface area contributed by atoms with Crippen LogP contribution in [-0.2, 0) is 17.8 Å². The van der Waals surface area contributed by atoms with Gasteiger partial charge in [0.05, 0.1) is 36.1 Å². The molecule has 0 bridgehead atoms. The highest BCUT2D eigenvalue weighted by Gasteiger charge is 2.20. The number of rotatable bonds is 8. The number of hydrogen-bond donors (Lipinski definition) is 1. The number of amides is 2. The molecule has 1 atom stereocenters. The van der Waals surface area contributed by atoms with Gasteiger partial charge in [-0.1, -0.05) is 0 Å². The summed E-state index contributed by atoms with van der Waals surface area (Å²) in [5.41, 5.74) is 1.93. The van der Waals surface area contributed by atoms with Crippen LogP contribution < -0.4 is 5.32 Å².